The second-order valence-electron chi connectivity index (χ2n) is 3.28. The molecule has 0 fully saturated rings. The van der Waals surface area contributed by atoms with Gasteiger partial charge in [0.05, 0.1) is 12.6 Å². The van der Waals surface area contributed by atoms with Crippen LogP contribution in [0.25, 0.3) is 0 Å². The van der Waals surface area contributed by atoms with Crippen molar-refractivity contribution < 1.29 is 4.79 Å². The number of hydrogen-bond acceptors (Lipinski definition) is 7. The van der Waals surface area contributed by atoms with Crippen LogP contribution in [-0.4, -0.2) is 27.3 Å². The van der Waals surface area contributed by atoms with Crippen LogP contribution in [0.5, 0.6) is 0 Å². The van der Waals surface area contributed by atoms with E-state index in [1.54, 1.807) is 24.5 Å². The lowest BCUT2D eigenvalue weighted by Crippen LogP contribution is -2.19. The Kier molecular flexibility index (Phi) is 3.92. The van der Waals surface area contributed by atoms with Crippen molar-refractivity contribution in [2.75, 3.05) is 5.73 Å². The van der Waals surface area contributed by atoms with E-state index in [-0.39, 0.29) is 12.3 Å². The maximum atomic E-state index is 11.5. The Balaban J connectivity index is 1.83. The molecule has 8 heteroatoms. The number of rotatable bonds is 4. The molecule has 0 saturated heterocycles. The van der Waals surface area contributed by atoms with Gasteiger partial charge in [0.25, 0.3) is 0 Å². The van der Waals surface area contributed by atoms with Crippen LogP contribution in [0.4, 0.5) is 5.13 Å². The van der Waals surface area contributed by atoms with Crippen LogP contribution in [0.2, 0.25) is 0 Å². The van der Waals surface area contributed by atoms with Crippen LogP contribution in [0.15, 0.2) is 29.6 Å². The van der Waals surface area contributed by atoms with Gasteiger partial charge in [0, 0.05) is 12.4 Å². The van der Waals surface area contributed by atoms with Crippen LogP contribution in [0.3, 0.4) is 0 Å². The molecule has 0 radical (unpaired) electrons. The van der Waals surface area contributed by atoms with E-state index < -0.39 is 0 Å². The minimum atomic E-state index is -0.267. The van der Waals surface area contributed by atoms with E-state index in [9.17, 15) is 4.79 Å². The van der Waals surface area contributed by atoms with Crippen molar-refractivity contribution >= 4 is 28.6 Å². The van der Waals surface area contributed by atoms with Gasteiger partial charge in [-0.1, -0.05) is 11.3 Å². The summed E-state index contributed by atoms with van der Waals surface area (Å²) in [5.74, 6) is -0.267. The summed E-state index contributed by atoms with van der Waals surface area (Å²) in [6.07, 6.45) is 4.94. The van der Waals surface area contributed by atoms with Gasteiger partial charge in [-0.2, -0.15) is 5.10 Å². The van der Waals surface area contributed by atoms with Crippen molar-refractivity contribution in [1.82, 2.24) is 20.6 Å². The molecule has 0 unspecified atom stereocenters. The summed E-state index contributed by atoms with van der Waals surface area (Å²) in [6.45, 7) is 0. The SMILES string of the molecule is Nc1nnc(CC(=O)N/N=C/c2ccncc2)s1. The first-order valence-electron chi connectivity index (χ1n) is 5.04. The van der Waals surface area contributed by atoms with Gasteiger partial charge >= 0.3 is 0 Å². The Morgan fingerprint density at radius 2 is 2.22 bits per heavy atom. The minimum absolute atomic E-state index is 0.114. The minimum Gasteiger partial charge on any atom is -0.374 e. The summed E-state index contributed by atoms with van der Waals surface area (Å²) in [6, 6.07) is 3.56. The first-order chi connectivity index (χ1) is 8.74. The second-order valence-corrected chi connectivity index (χ2v) is 4.38. The third kappa shape index (κ3) is 3.59. The van der Waals surface area contributed by atoms with Crippen LogP contribution in [0, 0.1) is 0 Å². The lowest BCUT2D eigenvalue weighted by Gasteiger charge is -1.95. The van der Waals surface area contributed by atoms with Crippen LogP contribution < -0.4 is 11.2 Å². The van der Waals surface area contributed by atoms with Crippen LogP contribution >= 0.6 is 11.3 Å². The summed E-state index contributed by atoms with van der Waals surface area (Å²) in [5.41, 5.74) is 8.66. The van der Waals surface area contributed by atoms with Gasteiger partial charge in [0.15, 0.2) is 0 Å². The Morgan fingerprint density at radius 3 is 2.89 bits per heavy atom. The standard InChI is InChI=1S/C10H10N6OS/c11-10-16-15-9(18-10)5-8(17)14-13-6-7-1-3-12-4-2-7/h1-4,6H,5H2,(H2,11,16)(H,14,17)/b13-6+. The highest BCUT2D eigenvalue weighted by Gasteiger charge is 2.06. The van der Waals surface area contributed by atoms with Crippen molar-refractivity contribution in [3.05, 3.63) is 35.1 Å². The number of nitrogens with two attached hydrogens (primary N) is 1. The number of carbonyl (C=O) groups is 1. The Morgan fingerprint density at radius 1 is 1.44 bits per heavy atom. The Hall–Kier alpha value is -2.35. The molecule has 2 rings (SSSR count). The number of nitrogens with one attached hydrogen (secondary N) is 1. The summed E-state index contributed by atoms with van der Waals surface area (Å²) >= 11 is 1.18. The average Bonchev–Trinajstić information content (AvgIpc) is 2.76. The number of hydrazone groups is 1. The van der Waals surface area contributed by atoms with E-state index in [2.05, 4.69) is 25.7 Å². The molecule has 0 spiro atoms. The number of aromatic nitrogens is 3. The summed E-state index contributed by atoms with van der Waals surface area (Å²) in [4.78, 5) is 15.3. The number of amides is 1. The van der Waals surface area contributed by atoms with E-state index in [1.807, 2.05) is 0 Å². The molecule has 2 aromatic rings. The largest absolute Gasteiger partial charge is 0.374 e. The highest BCUT2D eigenvalue weighted by Crippen LogP contribution is 2.10. The zero-order valence-electron chi connectivity index (χ0n) is 9.28. The van der Waals surface area contributed by atoms with Gasteiger partial charge in [-0.05, 0) is 17.7 Å². The van der Waals surface area contributed by atoms with Crippen molar-refractivity contribution in [3.63, 3.8) is 0 Å². The van der Waals surface area contributed by atoms with E-state index >= 15 is 0 Å². The summed E-state index contributed by atoms with van der Waals surface area (Å²) < 4.78 is 0. The van der Waals surface area contributed by atoms with E-state index in [0.717, 1.165) is 5.56 Å². The van der Waals surface area contributed by atoms with Crippen LogP contribution in [0.1, 0.15) is 10.6 Å². The third-order valence-electron chi connectivity index (χ3n) is 1.90. The van der Waals surface area contributed by atoms with Gasteiger partial charge in [-0.15, -0.1) is 10.2 Å². The number of hydrogen-bond donors (Lipinski definition) is 2. The van der Waals surface area contributed by atoms with Gasteiger partial charge in [-0.3, -0.25) is 9.78 Å². The molecular weight excluding hydrogens is 252 g/mol. The van der Waals surface area contributed by atoms with E-state index in [4.69, 9.17) is 5.73 Å². The molecule has 92 valence electrons. The van der Waals surface area contributed by atoms with Crippen LogP contribution in [-0.2, 0) is 11.2 Å². The highest BCUT2D eigenvalue weighted by atomic mass is 32.1. The van der Waals surface area contributed by atoms with E-state index in [1.165, 1.54) is 17.6 Å². The van der Waals surface area contributed by atoms with Crippen molar-refractivity contribution in [2.45, 2.75) is 6.42 Å². The Labute approximate surface area is 107 Å². The third-order valence-corrected chi connectivity index (χ3v) is 2.66. The van der Waals surface area contributed by atoms with Crippen molar-refractivity contribution in [1.29, 1.82) is 0 Å². The molecule has 0 atom stereocenters. The van der Waals surface area contributed by atoms with Gasteiger partial charge in [-0.25, -0.2) is 5.43 Å². The number of pyridine rings is 1. The molecule has 2 heterocycles. The lowest BCUT2D eigenvalue weighted by molar-refractivity contribution is -0.120. The zero-order chi connectivity index (χ0) is 12.8. The number of carbonyl (C=O) groups excluding carboxylic acids is 1. The summed E-state index contributed by atoms with van der Waals surface area (Å²) in [7, 11) is 0. The fourth-order valence-corrected chi connectivity index (χ4v) is 1.75. The molecule has 0 saturated carbocycles. The zero-order valence-corrected chi connectivity index (χ0v) is 10.1. The molecule has 7 nitrogen and oxygen atoms in total. The Bertz CT molecular complexity index is 553. The molecule has 0 aromatic carbocycles. The van der Waals surface area contributed by atoms with Gasteiger partial charge in [0.2, 0.25) is 11.0 Å². The highest BCUT2D eigenvalue weighted by molar-refractivity contribution is 7.15. The number of nitrogens with zero attached hydrogens (tertiary/aromatic N) is 4. The topological polar surface area (TPSA) is 106 Å². The first kappa shape index (κ1) is 12.1. The quantitative estimate of drug-likeness (QED) is 0.605. The van der Waals surface area contributed by atoms with E-state index in [0.29, 0.717) is 10.1 Å². The fourth-order valence-electron chi connectivity index (χ4n) is 1.14. The predicted octanol–water partition coefficient (Wildman–Crippen LogP) is 0.208. The smallest absolute Gasteiger partial charge is 0.247 e. The van der Waals surface area contributed by atoms with Gasteiger partial charge < -0.3 is 5.73 Å². The monoisotopic (exact) mass is 262 g/mol. The van der Waals surface area contributed by atoms with Crippen molar-refractivity contribution in [3.8, 4) is 0 Å². The second kappa shape index (κ2) is 5.82. The summed E-state index contributed by atoms with van der Waals surface area (Å²) in [5, 5.41) is 12.1. The molecule has 0 aliphatic rings. The molecule has 0 bridgehead atoms. The molecule has 0 aliphatic carbocycles. The number of anilines is 1. The molecule has 18 heavy (non-hydrogen) atoms. The first-order valence-corrected chi connectivity index (χ1v) is 5.85. The molecule has 2 aromatic heterocycles. The maximum Gasteiger partial charge on any atom is 0.247 e. The maximum absolute atomic E-state index is 11.5. The predicted molar refractivity (Wildman–Crippen MR) is 68.0 cm³/mol. The molecule has 1 amide bonds. The molecule has 3 N–H and O–H groups in total. The molecule has 0 aliphatic heterocycles. The fraction of sp³-hybridized carbons (Fsp3) is 0.100. The number of nitrogen functional groups attached to an aromatic ring is 1. The van der Waals surface area contributed by atoms with Crippen molar-refractivity contribution in [2.24, 2.45) is 5.10 Å². The normalized spacial score (nSPS) is 10.7. The average molecular weight is 262 g/mol. The molecular formula is C10H10N6OS. The van der Waals surface area contributed by atoms with Gasteiger partial charge in [0.1, 0.15) is 5.01 Å². The lowest BCUT2D eigenvalue weighted by atomic mass is 10.3.